The first-order valence-electron chi connectivity index (χ1n) is 9.66. The fraction of sp³-hybridized carbons (Fsp3) is 0.261. The number of ether oxygens (including phenoxy) is 1. The van der Waals surface area contributed by atoms with Crippen LogP contribution in [0.15, 0.2) is 59.5 Å². The third-order valence-electron chi connectivity index (χ3n) is 5.31. The van der Waals surface area contributed by atoms with Crippen LogP contribution in [-0.2, 0) is 20.2 Å². The van der Waals surface area contributed by atoms with Crippen molar-refractivity contribution in [3.05, 3.63) is 60.2 Å². The van der Waals surface area contributed by atoms with E-state index in [9.17, 15) is 13.2 Å². The minimum atomic E-state index is -3.79. The Morgan fingerprint density at radius 2 is 1.77 bits per heavy atom. The van der Waals surface area contributed by atoms with Crippen LogP contribution in [-0.4, -0.2) is 28.0 Å². The van der Waals surface area contributed by atoms with Crippen molar-refractivity contribution in [1.29, 1.82) is 0 Å². The molecule has 7 heteroatoms. The van der Waals surface area contributed by atoms with Crippen LogP contribution in [0.3, 0.4) is 0 Å². The summed E-state index contributed by atoms with van der Waals surface area (Å²) in [6, 6.07) is 16.2. The number of amides is 1. The largest absolute Gasteiger partial charge is 0.495 e. The lowest BCUT2D eigenvalue weighted by Crippen LogP contribution is -2.35. The van der Waals surface area contributed by atoms with E-state index < -0.39 is 15.9 Å². The van der Waals surface area contributed by atoms with Crippen LogP contribution in [0.1, 0.15) is 26.3 Å². The van der Waals surface area contributed by atoms with Gasteiger partial charge in [-0.3, -0.25) is 9.10 Å². The van der Waals surface area contributed by atoms with Gasteiger partial charge in [-0.2, -0.15) is 0 Å². The zero-order valence-corrected chi connectivity index (χ0v) is 18.2. The molecule has 1 N–H and O–H groups in total. The lowest BCUT2D eigenvalue weighted by Gasteiger charge is -2.22. The third kappa shape index (κ3) is 3.29. The number of sulfonamides is 1. The first-order chi connectivity index (χ1) is 14.1. The molecule has 0 atom stereocenters. The number of nitrogens with one attached hydrogen (secondary N) is 1. The molecule has 0 spiro atoms. The summed E-state index contributed by atoms with van der Waals surface area (Å²) in [7, 11) is -2.26. The topological polar surface area (TPSA) is 75.7 Å². The highest BCUT2D eigenvalue weighted by Crippen LogP contribution is 2.42. The van der Waals surface area contributed by atoms with E-state index in [1.165, 1.54) is 11.4 Å². The van der Waals surface area contributed by atoms with Gasteiger partial charge < -0.3 is 10.1 Å². The molecule has 0 bridgehead atoms. The molecule has 0 fully saturated rings. The summed E-state index contributed by atoms with van der Waals surface area (Å²) in [5.41, 5.74) is 1.96. The number of carbonyl (C=O) groups is 1. The van der Waals surface area contributed by atoms with E-state index in [0.717, 1.165) is 10.9 Å². The van der Waals surface area contributed by atoms with E-state index in [2.05, 4.69) is 26.1 Å². The number of rotatable bonds is 4. The second-order valence-corrected chi connectivity index (χ2v) is 10.2. The molecule has 0 saturated heterocycles. The van der Waals surface area contributed by atoms with Crippen molar-refractivity contribution >= 4 is 38.1 Å². The number of hydrogen-bond donors (Lipinski definition) is 1. The summed E-state index contributed by atoms with van der Waals surface area (Å²) in [6.07, 6.45) is 0. The quantitative estimate of drug-likeness (QED) is 0.678. The van der Waals surface area contributed by atoms with Crippen LogP contribution in [0.5, 0.6) is 5.75 Å². The average Bonchev–Trinajstić information content (AvgIpc) is 2.90. The smallest absolute Gasteiger partial charge is 0.265 e. The fourth-order valence-electron chi connectivity index (χ4n) is 3.72. The summed E-state index contributed by atoms with van der Waals surface area (Å²) >= 11 is 0. The molecule has 4 rings (SSSR count). The number of nitrogens with zero attached hydrogens (tertiary/aromatic N) is 1. The van der Waals surface area contributed by atoms with E-state index in [0.29, 0.717) is 22.5 Å². The van der Waals surface area contributed by atoms with Crippen molar-refractivity contribution in [1.82, 2.24) is 0 Å². The number of anilines is 2. The Morgan fingerprint density at radius 1 is 1.07 bits per heavy atom. The zero-order valence-electron chi connectivity index (χ0n) is 17.4. The van der Waals surface area contributed by atoms with E-state index in [1.807, 2.05) is 24.3 Å². The monoisotopic (exact) mass is 424 g/mol. The number of methoxy groups -OCH3 is 1. The van der Waals surface area contributed by atoms with Gasteiger partial charge in [0.05, 0.1) is 23.4 Å². The number of carbonyl (C=O) groups excluding carboxylic acids is 1. The van der Waals surface area contributed by atoms with Gasteiger partial charge in [-0.15, -0.1) is 0 Å². The van der Waals surface area contributed by atoms with Crippen LogP contribution in [0.25, 0.3) is 10.8 Å². The van der Waals surface area contributed by atoms with Gasteiger partial charge >= 0.3 is 0 Å². The molecule has 6 nitrogen and oxygen atoms in total. The zero-order chi connectivity index (χ0) is 21.7. The minimum Gasteiger partial charge on any atom is -0.495 e. The van der Waals surface area contributed by atoms with Crippen LogP contribution >= 0.6 is 0 Å². The van der Waals surface area contributed by atoms with Crippen LogP contribution < -0.4 is 14.4 Å². The van der Waals surface area contributed by atoms with Crippen LogP contribution in [0.2, 0.25) is 0 Å². The van der Waals surface area contributed by atoms with Gasteiger partial charge in [0.2, 0.25) is 5.91 Å². The number of benzene rings is 3. The molecule has 0 aliphatic carbocycles. The molecule has 3 aromatic carbocycles. The van der Waals surface area contributed by atoms with Crippen molar-refractivity contribution in [2.24, 2.45) is 0 Å². The SMILES string of the molecule is COc1ccc(C(C)(C)C)cc1NC(=O)CN1c2cccc3cccc(c23)S1(=O)=O. The summed E-state index contributed by atoms with van der Waals surface area (Å²) in [5.74, 6) is 0.0822. The maximum absolute atomic E-state index is 13.1. The van der Waals surface area contributed by atoms with Crippen LogP contribution in [0.4, 0.5) is 11.4 Å². The third-order valence-corrected chi connectivity index (χ3v) is 7.11. The summed E-state index contributed by atoms with van der Waals surface area (Å²) in [6.45, 7) is 5.91. The Balaban J connectivity index is 1.66. The Kier molecular flexibility index (Phi) is 4.73. The lowest BCUT2D eigenvalue weighted by molar-refractivity contribution is -0.114. The Morgan fingerprint density at radius 3 is 2.43 bits per heavy atom. The lowest BCUT2D eigenvalue weighted by atomic mass is 9.87. The predicted molar refractivity (Wildman–Crippen MR) is 119 cm³/mol. The predicted octanol–water partition coefficient (Wildman–Crippen LogP) is 4.29. The van der Waals surface area contributed by atoms with Crippen molar-refractivity contribution in [3.63, 3.8) is 0 Å². The summed E-state index contributed by atoms with van der Waals surface area (Å²) in [4.78, 5) is 13.1. The average molecular weight is 425 g/mol. The molecule has 1 heterocycles. The highest BCUT2D eigenvalue weighted by Gasteiger charge is 2.36. The molecule has 0 radical (unpaired) electrons. The molecule has 1 aliphatic rings. The van der Waals surface area contributed by atoms with Gasteiger partial charge in [0.1, 0.15) is 12.3 Å². The molecule has 3 aromatic rings. The van der Waals surface area contributed by atoms with Gasteiger partial charge in [0.25, 0.3) is 10.0 Å². The molecule has 30 heavy (non-hydrogen) atoms. The molecule has 0 aromatic heterocycles. The van der Waals surface area contributed by atoms with Gasteiger partial charge in [-0.25, -0.2) is 8.42 Å². The molecule has 1 aliphatic heterocycles. The van der Waals surface area contributed by atoms with Gasteiger partial charge in [-0.1, -0.05) is 51.1 Å². The molecule has 156 valence electrons. The molecular weight excluding hydrogens is 400 g/mol. The summed E-state index contributed by atoms with van der Waals surface area (Å²) in [5, 5.41) is 4.31. The van der Waals surface area contributed by atoms with Gasteiger partial charge in [-0.05, 0) is 40.6 Å². The first kappa shape index (κ1) is 20.2. The van der Waals surface area contributed by atoms with Crippen molar-refractivity contribution in [2.45, 2.75) is 31.1 Å². The van der Waals surface area contributed by atoms with E-state index in [1.54, 1.807) is 30.3 Å². The maximum atomic E-state index is 13.1. The van der Waals surface area contributed by atoms with Crippen molar-refractivity contribution < 1.29 is 17.9 Å². The molecule has 0 unspecified atom stereocenters. The molecule has 1 amide bonds. The van der Waals surface area contributed by atoms with E-state index >= 15 is 0 Å². The Hall–Kier alpha value is -3.06. The molecule has 0 saturated carbocycles. The van der Waals surface area contributed by atoms with Crippen LogP contribution in [0, 0.1) is 0 Å². The van der Waals surface area contributed by atoms with Crippen molar-refractivity contribution in [3.8, 4) is 5.75 Å². The normalized spacial score (nSPS) is 14.7. The number of hydrogen-bond acceptors (Lipinski definition) is 4. The highest BCUT2D eigenvalue weighted by atomic mass is 32.2. The van der Waals surface area contributed by atoms with E-state index in [4.69, 9.17) is 4.74 Å². The fourth-order valence-corrected chi connectivity index (χ4v) is 5.39. The highest BCUT2D eigenvalue weighted by molar-refractivity contribution is 7.93. The van der Waals surface area contributed by atoms with Gasteiger partial charge in [0, 0.05) is 5.39 Å². The van der Waals surface area contributed by atoms with Gasteiger partial charge in [0.15, 0.2) is 0 Å². The molecular formula is C23H24N2O4S. The standard InChI is InChI=1S/C23H24N2O4S/c1-23(2,3)16-11-12-19(29-4)17(13-16)24-21(26)14-25-18-9-5-7-15-8-6-10-20(22(15)18)30(25,27)28/h5-13H,14H2,1-4H3,(H,24,26). The van der Waals surface area contributed by atoms with E-state index in [-0.39, 0.29) is 16.9 Å². The minimum absolute atomic E-state index is 0.110. The summed E-state index contributed by atoms with van der Waals surface area (Å²) < 4.78 is 32.7. The van der Waals surface area contributed by atoms with Crippen molar-refractivity contribution in [2.75, 3.05) is 23.3 Å². The Bertz CT molecular complexity index is 1250. The second kappa shape index (κ2) is 7.02. The second-order valence-electron chi connectivity index (χ2n) is 8.36. The first-order valence-corrected chi connectivity index (χ1v) is 11.1. The Labute approximate surface area is 176 Å². The maximum Gasteiger partial charge on any atom is 0.265 e.